The number of nitrogens with zero attached hydrogens (tertiary/aromatic N) is 6. The average molecular weight is 404 g/mol. The van der Waals surface area contributed by atoms with Crippen molar-refractivity contribution < 1.29 is 0 Å². The van der Waals surface area contributed by atoms with Crippen molar-refractivity contribution in [3.8, 4) is 11.1 Å². The molecule has 1 aliphatic carbocycles. The summed E-state index contributed by atoms with van der Waals surface area (Å²) in [6.45, 7) is 0.685. The van der Waals surface area contributed by atoms with E-state index in [9.17, 15) is 0 Å². The van der Waals surface area contributed by atoms with E-state index in [2.05, 4.69) is 75.5 Å². The molecule has 3 heterocycles. The Morgan fingerprint density at radius 2 is 1.71 bits per heavy atom. The van der Waals surface area contributed by atoms with Crippen molar-refractivity contribution >= 4 is 22.9 Å². The maximum absolute atomic E-state index is 4.74. The largest absolute Gasteiger partial charge is 0.323 e. The molecule has 149 valence electrons. The summed E-state index contributed by atoms with van der Waals surface area (Å²) < 4.78 is 3.60. The SMILES string of the molecule is [CH]1C=C1c1ccc(-c2cccn3nc(Nc4ccc(Cn5cncn5)cc4)nc23)cc1. The van der Waals surface area contributed by atoms with Crippen molar-refractivity contribution in [2.45, 2.75) is 6.54 Å². The van der Waals surface area contributed by atoms with Crippen LogP contribution in [0.1, 0.15) is 11.1 Å². The lowest BCUT2D eigenvalue weighted by atomic mass is 10.0. The van der Waals surface area contributed by atoms with Gasteiger partial charge in [0, 0.05) is 23.9 Å². The van der Waals surface area contributed by atoms with E-state index < -0.39 is 0 Å². The van der Waals surface area contributed by atoms with Crippen LogP contribution >= 0.6 is 0 Å². The van der Waals surface area contributed by atoms with Crippen LogP contribution in [0.3, 0.4) is 0 Å². The van der Waals surface area contributed by atoms with Crippen molar-refractivity contribution in [2.75, 3.05) is 5.32 Å². The van der Waals surface area contributed by atoms with E-state index in [4.69, 9.17) is 4.98 Å². The van der Waals surface area contributed by atoms with Gasteiger partial charge in [-0.1, -0.05) is 42.5 Å². The zero-order chi connectivity index (χ0) is 20.6. The van der Waals surface area contributed by atoms with Crippen LogP contribution < -0.4 is 5.32 Å². The van der Waals surface area contributed by atoms with Crippen LogP contribution in [0.25, 0.3) is 22.3 Å². The number of fused-ring (bicyclic) bond motifs is 1. The Balaban J connectivity index is 1.25. The third kappa shape index (κ3) is 3.57. The third-order valence-corrected chi connectivity index (χ3v) is 5.25. The topological polar surface area (TPSA) is 72.9 Å². The number of aromatic nitrogens is 6. The van der Waals surface area contributed by atoms with E-state index in [0.717, 1.165) is 28.0 Å². The monoisotopic (exact) mass is 404 g/mol. The molecule has 0 saturated carbocycles. The van der Waals surface area contributed by atoms with Gasteiger partial charge in [-0.2, -0.15) is 10.1 Å². The number of benzene rings is 2. The molecule has 1 N–H and O–H groups in total. The second-order valence-corrected chi connectivity index (χ2v) is 7.41. The van der Waals surface area contributed by atoms with Gasteiger partial charge in [0.15, 0.2) is 5.65 Å². The number of nitrogens with one attached hydrogen (secondary N) is 1. The Morgan fingerprint density at radius 1 is 0.903 bits per heavy atom. The molecular formula is C24H18N7. The minimum atomic E-state index is 0.561. The number of rotatable bonds is 6. The van der Waals surface area contributed by atoms with Gasteiger partial charge in [0.05, 0.1) is 6.54 Å². The fourth-order valence-corrected chi connectivity index (χ4v) is 3.58. The van der Waals surface area contributed by atoms with Crippen molar-refractivity contribution in [3.63, 3.8) is 0 Å². The molecule has 0 atom stereocenters. The molecule has 0 fully saturated rings. The van der Waals surface area contributed by atoms with E-state index in [0.29, 0.717) is 12.5 Å². The molecule has 0 bridgehead atoms. The van der Waals surface area contributed by atoms with Gasteiger partial charge in [-0.15, -0.1) is 5.10 Å². The van der Waals surface area contributed by atoms with Crippen molar-refractivity contribution in [1.29, 1.82) is 0 Å². The second kappa shape index (κ2) is 7.21. The van der Waals surface area contributed by atoms with Gasteiger partial charge in [0.1, 0.15) is 12.7 Å². The average Bonchev–Trinajstić information content (AvgIpc) is 3.37. The summed E-state index contributed by atoms with van der Waals surface area (Å²) in [6, 6.07) is 20.8. The molecule has 1 radical (unpaired) electrons. The number of allylic oxidation sites excluding steroid dienone is 2. The van der Waals surface area contributed by atoms with E-state index in [-0.39, 0.29) is 0 Å². The Hall–Kier alpha value is -4.26. The summed E-state index contributed by atoms with van der Waals surface area (Å²) in [7, 11) is 0. The smallest absolute Gasteiger partial charge is 0.247 e. The normalized spacial score (nSPS) is 12.7. The van der Waals surface area contributed by atoms with Gasteiger partial charge < -0.3 is 5.32 Å². The van der Waals surface area contributed by atoms with Gasteiger partial charge in [-0.25, -0.2) is 14.2 Å². The van der Waals surface area contributed by atoms with Crippen molar-refractivity contribution in [1.82, 2.24) is 29.4 Å². The zero-order valence-electron chi connectivity index (χ0n) is 16.6. The second-order valence-electron chi connectivity index (χ2n) is 7.41. The molecule has 0 spiro atoms. The summed E-state index contributed by atoms with van der Waals surface area (Å²) in [6.07, 6.45) is 9.40. The molecule has 0 unspecified atom stereocenters. The number of pyridine rings is 1. The fourth-order valence-electron chi connectivity index (χ4n) is 3.58. The predicted octanol–water partition coefficient (Wildman–Crippen LogP) is 4.38. The van der Waals surface area contributed by atoms with Gasteiger partial charge in [-0.3, -0.25) is 0 Å². The Labute approximate surface area is 178 Å². The fraction of sp³-hybridized carbons (Fsp3) is 0.0417. The number of hydrogen-bond acceptors (Lipinski definition) is 5. The Morgan fingerprint density at radius 3 is 2.45 bits per heavy atom. The van der Waals surface area contributed by atoms with Crippen molar-refractivity contribution in [3.05, 3.63) is 103 Å². The van der Waals surface area contributed by atoms with Gasteiger partial charge in [0.2, 0.25) is 5.95 Å². The summed E-state index contributed by atoms with van der Waals surface area (Å²) in [5.41, 5.74) is 7.59. The highest BCUT2D eigenvalue weighted by Gasteiger charge is 2.13. The predicted molar refractivity (Wildman–Crippen MR) is 120 cm³/mol. The molecule has 0 aliphatic heterocycles. The molecule has 31 heavy (non-hydrogen) atoms. The first kappa shape index (κ1) is 17.6. The van der Waals surface area contributed by atoms with Gasteiger partial charge in [-0.05, 0) is 46.5 Å². The third-order valence-electron chi connectivity index (χ3n) is 5.25. The highest BCUT2D eigenvalue weighted by atomic mass is 15.3. The lowest BCUT2D eigenvalue weighted by molar-refractivity contribution is 0.685. The Kier molecular flexibility index (Phi) is 4.09. The van der Waals surface area contributed by atoms with Crippen LogP contribution in [-0.4, -0.2) is 29.4 Å². The maximum atomic E-state index is 4.74. The molecule has 0 amide bonds. The first-order valence-electron chi connectivity index (χ1n) is 10.0. The zero-order valence-corrected chi connectivity index (χ0v) is 16.6. The quantitative estimate of drug-likeness (QED) is 0.455. The van der Waals surface area contributed by atoms with E-state index >= 15 is 0 Å². The summed E-state index contributed by atoms with van der Waals surface area (Å²) in [5.74, 6) is 0.561. The summed E-state index contributed by atoms with van der Waals surface area (Å²) in [5, 5.41) is 12.0. The molecule has 6 rings (SSSR count). The van der Waals surface area contributed by atoms with Crippen molar-refractivity contribution in [2.24, 2.45) is 0 Å². The molecule has 3 aromatic heterocycles. The number of hydrogen-bond donors (Lipinski definition) is 1. The minimum Gasteiger partial charge on any atom is -0.323 e. The molecule has 5 aromatic rings. The molecule has 0 saturated heterocycles. The summed E-state index contributed by atoms with van der Waals surface area (Å²) >= 11 is 0. The minimum absolute atomic E-state index is 0.561. The van der Waals surface area contributed by atoms with Crippen LogP contribution in [0.15, 0.2) is 85.6 Å². The van der Waals surface area contributed by atoms with Gasteiger partial charge in [0.25, 0.3) is 0 Å². The Bertz CT molecular complexity index is 1380. The molecular weight excluding hydrogens is 386 g/mol. The van der Waals surface area contributed by atoms with E-state index in [1.807, 2.05) is 28.9 Å². The highest BCUT2D eigenvalue weighted by Crippen LogP contribution is 2.32. The number of anilines is 2. The van der Waals surface area contributed by atoms with Crippen LogP contribution in [-0.2, 0) is 6.54 Å². The molecule has 7 nitrogen and oxygen atoms in total. The summed E-state index contributed by atoms with van der Waals surface area (Å²) in [4.78, 5) is 8.71. The first-order chi connectivity index (χ1) is 15.3. The first-order valence-corrected chi connectivity index (χ1v) is 10.0. The van der Waals surface area contributed by atoms with E-state index in [1.165, 1.54) is 17.5 Å². The van der Waals surface area contributed by atoms with Crippen LogP contribution in [0, 0.1) is 6.42 Å². The molecule has 2 aromatic carbocycles. The van der Waals surface area contributed by atoms with Gasteiger partial charge >= 0.3 is 0 Å². The van der Waals surface area contributed by atoms with Crippen LogP contribution in [0.5, 0.6) is 0 Å². The maximum Gasteiger partial charge on any atom is 0.247 e. The molecule has 1 aliphatic rings. The lowest BCUT2D eigenvalue weighted by Crippen LogP contribution is -2.00. The van der Waals surface area contributed by atoms with E-state index in [1.54, 1.807) is 11.0 Å². The van der Waals surface area contributed by atoms with Crippen LogP contribution in [0.4, 0.5) is 11.6 Å². The standard InChI is InChI=1S/C24H18N7/c1-2-22(20-9-7-19(8-10-20)18-5-6-18)23-28-24(29-31(23)13-1)27-21-11-3-17(4-12-21)14-30-16-25-15-26-30/h1-13,15-16H,14H2,(H,27,29). The van der Waals surface area contributed by atoms with Crippen LogP contribution in [0.2, 0.25) is 0 Å². The highest BCUT2D eigenvalue weighted by molar-refractivity contribution is 5.88. The lowest BCUT2D eigenvalue weighted by Gasteiger charge is -2.04. The molecule has 7 heteroatoms.